The summed E-state index contributed by atoms with van der Waals surface area (Å²) in [5.74, 6) is -1.81. The Morgan fingerprint density at radius 3 is 2.31 bits per heavy atom. The first-order chi connectivity index (χ1) is 12.2. The van der Waals surface area contributed by atoms with Crippen LogP contribution in [0.5, 0.6) is 0 Å². The third-order valence-electron chi connectivity index (χ3n) is 3.40. The van der Waals surface area contributed by atoms with Crippen LogP contribution in [0, 0.1) is 5.82 Å². The molecule has 9 heteroatoms. The molecule has 2 N–H and O–H groups in total. The van der Waals surface area contributed by atoms with Gasteiger partial charge in [0, 0.05) is 11.9 Å². The van der Waals surface area contributed by atoms with Crippen LogP contribution in [0.3, 0.4) is 0 Å². The zero-order valence-electron chi connectivity index (χ0n) is 14.1. The normalized spacial score (nSPS) is 10.9. The van der Waals surface area contributed by atoms with E-state index in [1.54, 1.807) is 0 Å². The average Bonchev–Trinajstić information content (AvgIpc) is 2.59. The standard InChI is InChI=1S/C17H17FN2O5S/c1-25-17(22)11-3-8-15(14(18)9-11)19-10-16(21)20-12-4-6-13(7-5-12)26(2,23)24/h3-9,19H,10H2,1-2H3,(H,20,21). The van der Waals surface area contributed by atoms with Crippen molar-refractivity contribution in [2.45, 2.75) is 4.90 Å². The first-order valence-corrected chi connectivity index (χ1v) is 9.31. The summed E-state index contributed by atoms with van der Waals surface area (Å²) < 4.78 is 41.2. The molecule has 7 nitrogen and oxygen atoms in total. The third-order valence-corrected chi connectivity index (χ3v) is 4.52. The molecule has 2 aromatic rings. The average molecular weight is 380 g/mol. The second-order valence-corrected chi connectivity index (χ2v) is 7.40. The molecule has 1 amide bonds. The number of carbonyl (C=O) groups is 2. The number of ether oxygens (including phenoxy) is 1. The largest absolute Gasteiger partial charge is 0.465 e. The summed E-state index contributed by atoms with van der Waals surface area (Å²) in [4.78, 5) is 23.4. The number of methoxy groups -OCH3 is 1. The zero-order chi connectivity index (χ0) is 19.3. The van der Waals surface area contributed by atoms with E-state index >= 15 is 0 Å². The number of nitrogens with one attached hydrogen (secondary N) is 2. The van der Waals surface area contributed by atoms with E-state index in [1.165, 1.54) is 43.5 Å². The number of hydrogen-bond donors (Lipinski definition) is 2. The van der Waals surface area contributed by atoms with E-state index < -0.39 is 27.5 Å². The van der Waals surface area contributed by atoms with Gasteiger partial charge in [-0.15, -0.1) is 0 Å². The molecule has 0 aromatic heterocycles. The summed E-state index contributed by atoms with van der Waals surface area (Å²) in [6.07, 6.45) is 1.09. The Morgan fingerprint density at radius 2 is 1.77 bits per heavy atom. The molecule has 0 unspecified atom stereocenters. The highest BCUT2D eigenvalue weighted by molar-refractivity contribution is 7.90. The van der Waals surface area contributed by atoms with Gasteiger partial charge in [-0.3, -0.25) is 4.79 Å². The van der Waals surface area contributed by atoms with E-state index in [9.17, 15) is 22.4 Å². The molecule has 0 aliphatic heterocycles. The van der Waals surface area contributed by atoms with Crippen molar-refractivity contribution < 1.29 is 27.1 Å². The minimum atomic E-state index is -3.31. The van der Waals surface area contributed by atoms with Crippen molar-refractivity contribution >= 4 is 33.1 Å². The number of sulfone groups is 1. The van der Waals surface area contributed by atoms with Crippen LogP contribution >= 0.6 is 0 Å². The highest BCUT2D eigenvalue weighted by atomic mass is 32.2. The molecule has 0 saturated heterocycles. The van der Waals surface area contributed by atoms with Gasteiger partial charge < -0.3 is 15.4 Å². The molecule has 0 spiro atoms. The summed E-state index contributed by atoms with van der Waals surface area (Å²) in [6.45, 7) is -0.220. The molecular formula is C17H17FN2O5S. The van der Waals surface area contributed by atoms with Gasteiger partial charge in [0.15, 0.2) is 9.84 Å². The van der Waals surface area contributed by atoms with Gasteiger partial charge in [0.25, 0.3) is 0 Å². The molecule has 0 radical (unpaired) electrons. The molecule has 2 rings (SSSR count). The van der Waals surface area contributed by atoms with Crippen LogP contribution in [0.25, 0.3) is 0 Å². The van der Waals surface area contributed by atoms with E-state index in [0.717, 1.165) is 12.3 Å². The fourth-order valence-electron chi connectivity index (χ4n) is 2.07. The lowest BCUT2D eigenvalue weighted by molar-refractivity contribution is -0.114. The predicted octanol–water partition coefficient (Wildman–Crippen LogP) is 2.07. The first-order valence-electron chi connectivity index (χ1n) is 7.42. The van der Waals surface area contributed by atoms with E-state index in [1.807, 2.05) is 0 Å². The van der Waals surface area contributed by atoms with E-state index in [0.29, 0.717) is 5.69 Å². The lowest BCUT2D eigenvalue weighted by atomic mass is 10.2. The van der Waals surface area contributed by atoms with Crippen LogP contribution < -0.4 is 10.6 Å². The van der Waals surface area contributed by atoms with E-state index in [4.69, 9.17) is 0 Å². The van der Waals surface area contributed by atoms with Gasteiger partial charge in [-0.1, -0.05) is 0 Å². The molecule has 0 fully saturated rings. The Balaban J connectivity index is 1.95. The Hall–Kier alpha value is -2.94. The Labute approximate surface area is 150 Å². The summed E-state index contributed by atoms with van der Waals surface area (Å²) in [6, 6.07) is 9.39. The molecule has 138 valence electrons. The van der Waals surface area contributed by atoms with Crippen LogP contribution in [0.2, 0.25) is 0 Å². The third kappa shape index (κ3) is 5.03. The SMILES string of the molecule is COC(=O)c1ccc(NCC(=O)Nc2ccc(S(C)(=O)=O)cc2)c(F)c1. The van der Waals surface area contributed by atoms with Crippen LogP contribution in [0.4, 0.5) is 15.8 Å². The number of halogens is 1. The number of carbonyl (C=O) groups excluding carboxylic acids is 2. The zero-order valence-corrected chi connectivity index (χ0v) is 14.9. The fraction of sp³-hybridized carbons (Fsp3) is 0.176. The quantitative estimate of drug-likeness (QED) is 0.744. The molecule has 2 aromatic carbocycles. The number of anilines is 2. The second-order valence-electron chi connectivity index (χ2n) is 5.38. The lowest BCUT2D eigenvalue weighted by Crippen LogP contribution is -2.22. The number of amides is 1. The first kappa shape index (κ1) is 19.4. The van der Waals surface area contributed by atoms with Crippen molar-refractivity contribution in [3.05, 3.63) is 53.8 Å². The summed E-state index contributed by atoms with van der Waals surface area (Å²) in [7, 11) is -2.12. The van der Waals surface area contributed by atoms with Gasteiger partial charge in [-0.05, 0) is 42.5 Å². The molecule has 0 bridgehead atoms. The number of esters is 1. The topological polar surface area (TPSA) is 102 Å². The van der Waals surface area contributed by atoms with Crippen LogP contribution in [-0.2, 0) is 19.4 Å². The molecule has 26 heavy (non-hydrogen) atoms. The smallest absolute Gasteiger partial charge is 0.337 e. The highest BCUT2D eigenvalue weighted by Gasteiger charge is 2.11. The molecule has 0 atom stereocenters. The predicted molar refractivity (Wildman–Crippen MR) is 94.4 cm³/mol. The Morgan fingerprint density at radius 1 is 1.12 bits per heavy atom. The van der Waals surface area contributed by atoms with Crippen molar-refractivity contribution in [1.82, 2.24) is 0 Å². The maximum Gasteiger partial charge on any atom is 0.337 e. The van der Waals surface area contributed by atoms with Crippen LogP contribution in [-0.4, -0.2) is 40.2 Å². The maximum absolute atomic E-state index is 13.9. The van der Waals surface area contributed by atoms with E-state index in [-0.39, 0.29) is 22.7 Å². The highest BCUT2D eigenvalue weighted by Crippen LogP contribution is 2.17. The molecular weight excluding hydrogens is 363 g/mol. The van der Waals surface area contributed by atoms with Gasteiger partial charge in [0.2, 0.25) is 5.91 Å². The summed E-state index contributed by atoms with van der Waals surface area (Å²) >= 11 is 0. The minimum Gasteiger partial charge on any atom is -0.465 e. The molecule has 0 aliphatic rings. The molecule has 0 aliphatic carbocycles. The number of benzene rings is 2. The van der Waals surface area contributed by atoms with Gasteiger partial charge in [-0.2, -0.15) is 0 Å². The molecule has 0 heterocycles. The van der Waals surface area contributed by atoms with Crippen molar-refractivity contribution in [1.29, 1.82) is 0 Å². The van der Waals surface area contributed by atoms with Gasteiger partial charge in [0.05, 0.1) is 29.8 Å². The van der Waals surface area contributed by atoms with E-state index in [2.05, 4.69) is 15.4 Å². The van der Waals surface area contributed by atoms with Crippen molar-refractivity contribution in [2.24, 2.45) is 0 Å². The monoisotopic (exact) mass is 380 g/mol. The van der Waals surface area contributed by atoms with Gasteiger partial charge in [-0.25, -0.2) is 17.6 Å². The Bertz CT molecular complexity index is 927. The number of hydrogen-bond acceptors (Lipinski definition) is 6. The summed E-state index contributed by atoms with van der Waals surface area (Å²) in [5.41, 5.74) is 0.525. The minimum absolute atomic E-state index is 0.0558. The van der Waals surface area contributed by atoms with Crippen molar-refractivity contribution in [2.75, 3.05) is 30.5 Å². The fourth-order valence-corrected chi connectivity index (χ4v) is 2.70. The molecule has 0 saturated carbocycles. The maximum atomic E-state index is 13.9. The second kappa shape index (κ2) is 7.96. The lowest BCUT2D eigenvalue weighted by Gasteiger charge is -2.10. The summed E-state index contributed by atoms with van der Waals surface area (Å²) in [5, 5.41) is 5.17. The van der Waals surface area contributed by atoms with Crippen molar-refractivity contribution in [3.63, 3.8) is 0 Å². The Kier molecular flexibility index (Phi) is 5.93. The van der Waals surface area contributed by atoms with Gasteiger partial charge in [0.1, 0.15) is 5.82 Å². The van der Waals surface area contributed by atoms with Gasteiger partial charge >= 0.3 is 5.97 Å². The van der Waals surface area contributed by atoms with Crippen LogP contribution in [0.1, 0.15) is 10.4 Å². The number of rotatable bonds is 6. The van der Waals surface area contributed by atoms with Crippen molar-refractivity contribution in [3.8, 4) is 0 Å². The van der Waals surface area contributed by atoms with Crippen LogP contribution in [0.15, 0.2) is 47.4 Å².